The van der Waals surface area contributed by atoms with Crippen molar-refractivity contribution in [3.05, 3.63) is 112 Å². The minimum Gasteiger partial charge on any atom is -0.326 e. The summed E-state index contributed by atoms with van der Waals surface area (Å²) in [7, 11) is 0. The van der Waals surface area contributed by atoms with Crippen LogP contribution in [0.15, 0.2) is 89.8 Å². The number of amides is 2. The van der Waals surface area contributed by atoms with Gasteiger partial charge in [0.25, 0.3) is 0 Å². The van der Waals surface area contributed by atoms with Crippen molar-refractivity contribution in [3.8, 4) is 6.07 Å². The van der Waals surface area contributed by atoms with Gasteiger partial charge in [0, 0.05) is 15.5 Å². The molecular weight excluding hydrogens is 510 g/mol. The Labute approximate surface area is 230 Å². The lowest BCUT2D eigenvalue weighted by Crippen LogP contribution is -2.19. The number of nitrogens with one attached hydrogen (secondary N) is 2. The van der Waals surface area contributed by atoms with Crippen molar-refractivity contribution in [2.24, 2.45) is 0 Å². The molecule has 3 aromatic carbocycles. The molecule has 0 bridgehead atoms. The summed E-state index contributed by atoms with van der Waals surface area (Å²) < 4.78 is 0. The average molecular weight is 538 g/mol. The zero-order valence-corrected chi connectivity index (χ0v) is 22.4. The summed E-state index contributed by atoms with van der Waals surface area (Å²) in [4.78, 5) is 28.3. The van der Waals surface area contributed by atoms with Crippen molar-refractivity contribution < 1.29 is 9.59 Å². The summed E-state index contributed by atoms with van der Waals surface area (Å²) >= 11 is 2.95. The van der Waals surface area contributed by atoms with Gasteiger partial charge in [-0.15, -0.1) is 23.1 Å². The number of nitriles is 1. The lowest BCUT2D eigenvalue weighted by Gasteiger charge is -2.17. The molecule has 0 aliphatic heterocycles. The SMILES string of the molecule is N#Cc1c(NC(=O)C(Sc2cccc(NC(=O)Cc3ccccc3)c2)c2ccccc2)sc2c1CCCC2. The first-order valence-electron chi connectivity index (χ1n) is 12.6. The van der Waals surface area contributed by atoms with Crippen LogP contribution < -0.4 is 10.6 Å². The van der Waals surface area contributed by atoms with E-state index in [2.05, 4.69) is 16.7 Å². The Morgan fingerprint density at radius 3 is 2.42 bits per heavy atom. The zero-order valence-electron chi connectivity index (χ0n) is 20.8. The van der Waals surface area contributed by atoms with Crippen LogP contribution in [0.1, 0.15) is 45.2 Å². The number of benzene rings is 3. The van der Waals surface area contributed by atoms with E-state index in [1.165, 1.54) is 28.0 Å². The lowest BCUT2D eigenvalue weighted by atomic mass is 9.96. The van der Waals surface area contributed by atoms with E-state index < -0.39 is 5.25 Å². The third kappa shape index (κ3) is 6.16. The summed E-state index contributed by atoms with van der Waals surface area (Å²) in [6, 6.07) is 29.1. The highest BCUT2D eigenvalue weighted by molar-refractivity contribution is 8.00. The highest BCUT2D eigenvalue weighted by atomic mass is 32.2. The fourth-order valence-corrected chi connectivity index (χ4v) is 6.95. The predicted octanol–water partition coefficient (Wildman–Crippen LogP) is 7.15. The maximum atomic E-state index is 13.7. The van der Waals surface area contributed by atoms with Gasteiger partial charge in [-0.2, -0.15) is 5.26 Å². The number of thiophene rings is 1. The van der Waals surface area contributed by atoms with E-state index >= 15 is 0 Å². The van der Waals surface area contributed by atoms with Gasteiger partial charge in [0.1, 0.15) is 16.3 Å². The second-order valence-corrected chi connectivity index (χ2v) is 11.4. The van der Waals surface area contributed by atoms with Crippen LogP contribution in [0.5, 0.6) is 0 Å². The molecule has 1 aliphatic rings. The van der Waals surface area contributed by atoms with Gasteiger partial charge in [-0.3, -0.25) is 9.59 Å². The summed E-state index contributed by atoms with van der Waals surface area (Å²) in [5, 5.41) is 16.0. The number of carbonyl (C=O) groups excluding carboxylic acids is 2. The van der Waals surface area contributed by atoms with Crippen LogP contribution in [0, 0.1) is 11.3 Å². The number of anilines is 2. The maximum Gasteiger partial charge on any atom is 0.243 e. The number of rotatable bonds is 8. The Kier molecular flexibility index (Phi) is 8.22. The van der Waals surface area contributed by atoms with Crippen LogP contribution in [-0.4, -0.2) is 11.8 Å². The third-order valence-electron chi connectivity index (χ3n) is 6.44. The molecule has 1 atom stereocenters. The number of aryl methyl sites for hydroxylation is 1. The van der Waals surface area contributed by atoms with Crippen LogP contribution in [0.2, 0.25) is 0 Å². The van der Waals surface area contributed by atoms with Crippen LogP contribution in [-0.2, 0) is 28.9 Å². The second kappa shape index (κ2) is 12.1. The molecule has 5 rings (SSSR count). The number of hydrogen-bond acceptors (Lipinski definition) is 5. The van der Waals surface area contributed by atoms with Gasteiger partial charge in [0.05, 0.1) is 12.0 Å². The maximum absolute atomic E-state index is 13.7. The monoisotopic (exact) mass is 537 g/mol. The molecule has 2 N–H and O–H groups in total. The summed E-state index contributed by atoms with van der Waals surface area (Å²) in [6.07, 6.45) is 4.34. The Bertz CT molecular complexity index is 1480. The van der Waals surface area contributed by atoms with Crippen LogP contribution in [0.4, 0.5) is 10.7 Å². The third-order valence-corrected chi connectivity index (χ3v) is 8.89. The van der Waals surface area contributed by atoms with Crippen LogP contribution in [0.3, 0.4) is 0 Å². The topological polar surface area (TPSA) is 82.0 Å². The molecule has 1 unspecified atom stereocenters. The van der Waals surface area contributed by atoms with Gasteiger partial charge in [0.15, 0.2) is 0 Å². The van der Waals surface area contributed by atoms with Gasteiger partial charge in [-0.1, -0.05) is 66.7 Å². The Hall–Kier alpha value is -3.86. The van der Waals surface area contributed by atoms with Crippen molar-refractivity contribution >= 4 is 45.6 Å². The standard InChI is InChI=1S/C31H27N3O2S2/c32-20-26-25-16-7-8-17-27(25)38-31(26)34-30(36)29(22-12-5-2-6-13-22)37-24-15-9-14-23(19-24)33-28(35)18-21-10-3-1-4-11-21/h1-6,9-15,19,29H,7-8,16-18H2,(H,33,35)(H,34,36). The van der Waals surface area contributed by atoms with Crippen molar-refractivity contribution in [1.29, 1.82) is 5.26 Å². The first-order valence-corrected chi connectivity index (χ1v) is 14.3. The summed E-state index contributed by atoms with van der Waals surface area (Å²) in [5.74, 6) is -0.267. The molecule has 38 heavy (non-hydrogen) atoms. The van der Waals surface area contributed by atoms with Gasteiger partial charge in [0.2, 0.25) is 11.8 Å². The molecule has 0 radical (unpaired) electrons. The molecule has 1 heterocycles. The van der Waals surface area contributed by atoms with E-state index in [1.807, 2.05) is 84.9 Å². The van der Waals surface area contributed by atoms with E-state index in [1.54, 1.807) is 0 Å². The van der Waals surface area contributed by atoms with Crippen molar-refractivity contribution in [3.63, 3.8) is 0 Å². The Morgan fingerprint density at radius 1 is 0.921 bits per heavy atom. The van der Waals surface area contributed by atoms with Crippen molar-refractivity contribution in [1.82, 2.24) is 0 Å². The van der Waals surface area contributed by atoms with Crippen LogP contribution in [0.25, 0.3) is 0 Å². The number of hydrogen-bond donors (Lipinski definition) is 2. The molecule has 5 nitrogen and oxygen atoms in total. The first-order chi connectivity index (χ1) is 18.6. The van der Waals surface area contributed by atoms with Gasteiger partial charge in [-0.05, 0) is 60.6 Å². The Balaban J connectivity index is 1.35. The largest absolute Gasteiger partial charge is 0.326 e. The van der Waals surface area contributed by atoms with E-state index in [0.29, 0.717) is 22.7 Å². The molecule has 0 fully saturated rings. The van der Waals surface area contributed by atoms with E-state index in [4.69, 9.17) is 0 Å². The fraction of sp³-hybridized carbons (Fsp3) is 0.194. The molecular formula is C31H27N3O2S2. The zero-order chi connectivity index (χ0) is 26.3. The number of thioether (sulfide) groups is 1. The lowest BCUT2D eigenvalue weighted by molar-refractivity contribution is -0.116. The predicted molar refractivity (Wildman–Crippen MR) is 155 cm³/mol. The van der Waals surface area contributed by atoms with Gasteiger partial charge in [-0.25, -0.2) is 0 Å². The van der Waals surface area contributed by atoms with Gasteiger partial charge < -0.3 is 10.6 Å². The molecule has 4 aromatic rings. The average Bonchev–Trinajstić information content (AvgIpc) is 3.29. The van der Waals surface area contributed by atoms with Crippen molar-refractivity contribution in [2.75, 3.05) is 10.6 Å². The smallest absolute Gasteiger partial charge is 0.243 e. The van der Waals surface area contributed by atoms with Crippen molar-refractivity contribution in [2.45, 2.75) is 42.2 Å². The highest BCUT2D eigenvalue weighted by Crippen LogP contribution is 2.41. The quantitative estimate of drug-likeness (QED) is 0.234. The molecule has 1 aromatic heterocycles. The molecule has 2 amide bonds. The molecule has 0 saturated carbocycles. The molecule has 0 saturated heterocycles. The van der Waals surface area contributed by atoms with E-state index in [9.17, 15) is 14.9 Å². The van der Waals surface area contributed by atoms with E-state index in [-0.39, 0.29) is 11.8 Å². The number of fused-ring (bicyclic) bond motifs is 1. The van der Waals surface area contributed by atoms with Gasteiger partial charge >= 0.3 is 0 Å². The number of carbonyl (C=O) groups is 2. The minimum absolute atomic E-state index is 0.0959. The van der Waals surface area contributed by atoms with Crippen LogP contribution >= 0.6 is 23.1 Å². The summed E-state index contributed by atoms with van der Waals surface area (Å²) in [5.41, 5.74) is 4.21. The molecule has 190 valence electrons. The molecule has 7 heteroatoms. The number of nitrogens with zero attached hydrogens (tertiary/aromatic N) is 1. The first kappa shape index (κ1) is 25.8. The summed E-state index contributed by atoms with van der Waals surface area (Å²) in [6.45, 7) is 0. The van der Waals surface area contributed by atoms with E-state index in [0.717, 1.165) is 47.3 Å². The minimum atomic E-state index is -0.530. The normalized spacial score (nSPS) is 13.1. The fourth-order valence-electron chi connectivity index (χ4n) is 4.62. The Morgan fingerprint density at radius 2 is 1.66 bits per heavy atom. The molecule has 1 aliphatic carbocycles. The molecule has 0 spiro atoms. The highest BCUT2D eigenvalue weighted by Gasteiger charge is 2.26. The second-order valence-electron chi connectivity index (χ2n) is 9.16.